The van der Waals surface area contributed by atoms with Gasteiger partial charge in [-0.1, -0.05) is 6.07 Å². The van der Waals surface area contributed by atoms with Gasteiger partial charge in [0.2, 0.25) is 11.8 Å². The highest BCUT2D eigenvalue weighted by atomic mass is 19.1. The summed E-state index contributed by atoms with van der Waals surface area (Å²) in [6, 6.07) is 13.7. The summed E-state index contributed by atoms with van der Waals surface area (Å²) in [5.74, 6) is -3.86. The summed E-state index contributed by atoms with van der Waals surface area (Å²) in [5, 5.41) is 9.45. The van der Waals surface area contributed by atoms with Crippen LogP contribution in [0.1, 0.15) is 44.2 Å². The van der Waals surface area contributed by atoms with E-state index >= 15 is 8.78 Å². The molecule has 0 aliphatic carbocycles. The zero-order valence-corrected chi connectivity index (χ0v) is 23.0. The highest BCUT2D eigenvalue weighted by Gasteiger charge is 2.24. The largest absolute Gasteiger partial charge is 0.478 e. The van der Waals surface area contributed by atoms with Gasteiger partial charge in [-0.25, -0.2) is 28.5 Å². The number of ether oxygens (including phenoxy) is 2. The minimum atomic E-state index is -1.09. The minimum Gasteiger partial charge on any atom is -0.478 e. The second kappa shape index (κ2) is 11.8. The quantitative estimate of drug-likeness (QED) is 0.220. The molecule has 1 aliphatic rings. The number of aromatic nitrogens is 4. The van der Waals surface area contributed by atoms with Crippen molar-refractivity contribution in [3.63, 3.8) is 0 Å². The van der Waals surface area contributed by atoms with E-state index in [4.69, 9.17) is 15.2 Å². The van der Waals surface area contributed by atoms with Crippen LogP contribution in [0.2, 0.25) is 0 Å². The summed E-state index contributed by atoms with van der Waals surface area (Å²) < 4.78 is 58.0. The van der Waals surface area contributed by atoms with Crippen molar-refractivity contribution in [1.82, 2.24) is 19.5 Å². The van der Waals surface area contributed by atoms with E-state index < -0.39 is 29.5 Å². The van der Waals surface area contributed by atoms with E-state index in [2.05, 4.69) is 15.0 Å². The molecule has 10 nitrogen and oxygen atoms in total. The first-order chi connectivity index (χ1) is 21.2. The van der Waals surface area contributed by atoms with Gasteiger partial charge >= 0.3 is 5.97 Å². The Morgan fingerprint density at radius 1 is 1.00 bits per heavy atom. The van der Waals surface area contributed by atoms with Crippen LogP contribution in [-0.2, 0) is 24.3 Å². The third-order valence-corrected chi connectivity index (χ3v) is 7.29. The molecule has 1 saturated heterocycles. The van der Waals surface area contributed by atoms with Crippen molar-refractivity contribution in [3.8, 4) is 17.1 Å². The number of fused-ring (bicyclic) bond motifs is 1. The predicted molar refractivity (Wildman–Crippen MR) is 150 cm³/mol. The number of carbonyl (C=O) groups is 2. The Morgan fingerprint density at radius 2 is 1.82 bits per heavy atom. The van der Waals surface area contributed by atoms with E-state index in [1.165, 1.54) is 42.5 Å². The van der Waals surface area contributed by atoms with Crippen LogP contribution in [0.4, 0.5) is 13.2 Å². The standard InChI is InChI=1S/C31H24F3N5O5/c32-21-13-20(23-2-1-3-28(37-23)44-15-17-5-7-25(30(35)40)38-29(17)34)22(33)10-18(21)12-27-36-24-6-4-16(31(41)42)11-26(24)39(27)14-19-8-9-43-19/h1-7,10-11,13,19H,8-9,12,14-15H2,(H2,35,40)(H,41,42)/t19-/m0/s1. The number of aromatic carboxylic acids is 1. The lowest BCUT2D eigenvalue weighted by atomic mass is 10.0. The Kier molecular flexibility index (Phi) is 7.70. The van der Waals surface area contributed by atoms with Crippen LogP contribution in [0.15, 0.2) is 60.7 Å². The molecule has 224 valence electrons. The molecule has 0 saturated carbocycles. The van der Waals surface area contributed by atoms with E-state index in [0.717, 1.165) is 18.6 Å². The molecular weight excluding hydrogens is 579 g/mol. The van der Waals surface area contributed by atoms with Gasteiger partial charge in [-0.3, -0.25) is 4.79 Å². The molecule has 4 heterocycles. The zero-order chi connectivity index (χ0) is 31.0. The fourth-order valence-corrected chi connectivity index (χ4v) is 4.87. The second-order valence-corrected chi connectivity index (χ2v) is 10.2. The molecule has 0 spiro atoms. The van der Waals surface area contributed by atoms with Crippen molar-refractivity contribution >= 4 is 22.9 Å². The number of carboxylic acids is 1. The van der Waals surface area contributed by atoms with Crippen LogP contribution < -0.4 is 10.5 Å². The van der Waals surface area contributed by atoms with E-state index in [9.17, 15) is 19.1 Å². The van der Waals surface area contributed by atoms with Crippen molar-refractivity contribution in [3.05, 3.63) is 106 Å². The Labute approximate surface area is 247 Å². The molecule has 2 aromatic carbocycles. The van der Waals surface area contributed by atoms with Gasteiger partial charge in [0, 0.05) is 30.2 Å². The number of amides is 1. The molecule has 44 heavy (non-hydrogen) atoms. The molecule has 0 bridgehead atoms. The third kappa shape index (κ3) is 5.81. The molecule has 3 N–H and O–H groups in total. The molecular formula is C31H24F3N5O5. The van der Waals surface area contributed by atoms with Crippen LogP contribution in [0, 0.1) is 17.6 Å². The van der Waals surface area contributed by atoms with Crippen molar-refractivity contribution < 1.29 is 37.3 Å². The molecule has 3 aromatic heterocycles. The van der Waals surface area contributed by atoms with Crippen molar-refractivity contribution in [2.75, 3.05) is 6.61 Å². The summed E-state index contributed by atoms with van der Waals surface area (Å²) in [6.45, 7) is 0.723. The highest BCUT2D eigenvalue weighted by Crippen LogP contribution is 2.29. The molecule has 5 aromatic rings. The van der Waals surface area contributed by atoms with Crippen molar-refractivity contribution in [2.45, 2.75) is 32.1 Å². The lowest BCUT2D eigenvalue weighted by Gasteiger charge is -2.27. The number of rotatable bonds is 10. The molecule has 1 fully saturated rings. The number of carbonyl (C=O) groups excluding carboxylic acids is 1. The maximum absolute atomic E-state index is 15.5. The summed E-state index contributed by atoms with van der Waals surface area (Å²) in [5.41, 5.74) is 6.12. The first-order valence-corrected chi connectivity index (χ1v) is 13.5. The number of nitrogens with zero attached hydrogens (tertiary/aromatic N) is 4. The summed E-state index contributed by atoms with van der Waals surface area (Å²) >= 11 is 0. The van der Waals surface area contributed by atoms with E-state index in [1.54, 1.807) is 10.6 Å². The Hall–Kier alpha value is -5.30. The van der Waals surface area contributed by atoms with Gasteiger partial charge < -0.3 is 24.9 Å². The van der Waals surface area contributed by atoms with Crippen LogP contribution in [0.5, 0.6) is 5.88 Å². The summed E-state index contributed by atoms with van der Waals surface area (Å²) in [4.78, 5) is 35.1. The van der Waals surface area contributed by atoms with Crippen LogP contribution in [0.3, 0.4) is 0 Å². The SMILES string of the molecule is NC(=O)c1ccc(COc2cccc(-c3cc(F)c(Cc4nc5ccc(C(=O)O)cc5n4C[C@@H]4CCO4)cc3F)n2)c(F)n1. The maximum Gasteiger partial charge on any atom is 0.335 e. The Morgan fingerprint density at radius 3 is 2.52 bits per heavy atom. The number of halogens is 3. The number of benzene rings is 2. The average Bonchev–Trinajstić information content (AvgIpc) is 3.31. The fourth-order valence-electron chi connectivity index (χ4n) is 4.87. The minimum absolute atomic E-state index is 0.0254. The number of nitrogens with two attached hydrogens (primary N) is 1. The van der Waals surface area contributed by atoms with E-state index in [0.29, 0.717) is 30.0 Å². The van der Waals surface area contributed by atoms with Crippen LogP contribution >= 0.6 is 0 Å². The number of carboxylic acid groups (broad SMARTS) is 1. The Bertz CT molecular complexity index is 1930. The molecule has 0 radical (unpaired) electrons. The highest BCUT2D eigenvalue weighted by molar-refractivity contribution is 5.92. The van der Waals surface area contributed by atoms with Crippen LogP contribution in [0.25, 0.3) is 22.3 Å². The number of hydrogen-bond donors (Lipinski definition) is 2. The Balaban J connectivity index is 1.25. The zero-order valence-electron chi connectivity index (χ0n) is 23.0. The van der Waals surface area contributed by atoms with Crippen LogP contribution in [-0.4, -0.2) is 49.2 Å². The lowest BCUT2D eigenvalue weighted by Crippen LogP contribution is -2.31. The number of imidazole rings is 1. The van der Waals surface area contributed by atoms with Gasteiger partial charge in [0.15, 0.2) is 0 Å². The third-order valence-electron chi connectivity index (χ3n) is 7.29. The normalized spacial score (nSPS) is 14.4. The molecule has 1 aliphatic heterocycles. The average molecular weight is 604 g/mol. The molecule has 0 unspecified atom stereocenters. The van der Waals surface area contributed by atoms with Gasteiger partial charge in [-0.05, 0) is 60.5 Å². The van der Waals surface area contributed by atoms with E-state index in [1.807, 2.05) is 0 Å². The maximum atomic E-state index is 15.5. The van der Waals surface area contributed by atoms with Gasteiger partial charge in [0.05, 0.1) is 34.9 Å². The number of hydrogen-bond acceptors (Lipinski definition) is 7. The van der Waals surface area contributed by atoms with Gasteiger partial charge in [-0.2, -0.15) is 4.39 Å². The lowest BCUT2D eigenvalue weighted by molar-refractivity contribution is -0.0589. The molecule has 1 atom stereocenters. The topological polar surface area (TPSA) is 142 Å². The van der Waals surface area contributed by atoms with Gasteiger partial charge in [0.1, 0.15) is 29.8 Å². The van der Waals surface area contributed by atoms with E-state index in [-0.39, 0.29) is 58.7 Å². The number of pyridine rings is 2. The first kappa shape index (κ1) is 28.8. The smallest absolute Gasteiger partial charge is 0.335 e. The molecule has 1 amide bonds. The van der Waals surface area contributed by atoms with Crippen molar-refractivity contribution in [2.24, 2.45) is 5.73 Å². The van der Waals surface area contributed by atoms with Crippen molar-refractivity contribution in [1.29, 1.82) is 0 Å². The van der Waals surface area contributed by atoms with Gasteiger partial charge in [-0.15, -0.1) is 0 Å². The fraction of sp³-hybridized carbons (Fsp3) is 0.194. The summed E-state index contributed by atoms with van der Waals surface area (Å²) in [6.07, 6.45) is 0.669. The first-order valence-electron chi connectivity index (χ1n) is 13.5. The monoisotopic (exact) mass is 603 g/mol. The summed E-state index contributed by atoms with van der Waals surface area (Å²) in [7, 11) is 0. The predicted octanol–water partition coefficient (Wildman–Crippen LogP) is 4.67. The second-order valence-electron chi connectivity index (χ2n) is 10.2. The molecule has 13 heteroatoms. The molecule has 6 rings (SSSR count). The number of primary amides is 1. The van der Waals surface area contributed by atoms with Gasteiger partial charge in [0.25, 0.3) is 5.91 Å².